The van der Waals surface area contributed by atoms with Gasteiger partial charge >= 0.3 is 0 Å². The molecule has 0 saturated carbocycles. The Bertz CT molecular complexity index is 1200. The lowest BCUT2D eigenvalue weighted by molar-refractivity contribution is 0.414. The fraction of sp³-hybridized carbons (Fsp3) is 0.464. The minimum atomic E-state index is 0.500. The molecule has 1 saturated heterocycles. The van der Waals surface area contributed by atoms with E-state index in [1.165, 1.54) is 17.7 Å². The molecule has 196 valence electrons. The van der Waals surface area contributed by atoms with E-state index < -0.39 is 0 Å². The van der Waals surface area contributed by atoms with Crippen molar-refractivity contribution in [3.05, 3.63) is 59.0 Å². The molecule has 0 spiro atoms. The maximum Gasteiger partial charge on any atom is 0.137 e. The molecule has 1 fully saturated rings. The average molecular weight is 520 g/mol. The molecule has 2 aliphatic heterocycles. The molecule has 0 unspecified atom stereocenters. The van der Waals surface area contributed by atoms with Gasteiger partial charge in [0.25, 0.3) is 0 Å². The molecule has 2 aromatic heterocycles. The van der Waals surface area contributed by atoms with Gasteiger partial charge in [0.05, 0.1) is 7.11 Å². The van der Waals surface area contributed by atoms with Crippen LogP contribution in [0.2, 0.25) is 0 Å². The fourth-order valence-electron chi connectivity index (χ4n) is 5.06. The number of pyridine rings is 1. The van der Waals surface area contributed by atoms with Crippen LogP contribution in [0.4, 0.5) is 17.5 Å². The Morgan fingerprint density at radius 1 is 1.03 bits per heavy atom. The quantitative estimate of drug-likeness (QED) is 0.268. The van der Waals surface area contributed by atoms with Crippen LogP contribution in [-0.2, 0) is 6.42 Å². The fourth-order valence-corrected chi connectivity index (χ4v) is 5.70. The van der Waals surface area contributed by atoms with E-state index in [-0.39, 0.29) is 0 Å². The summed E-state index contributed by atoms with van der Waals surface area (Å²) in [7, 11) is 1.68. The summed E-state index contributed by atoms with van der Waals surface area (Å²) >= 11 is 1.62. The third kappa shape index (κ3) is 6.27. The van der Waals surface area contributed by atoms with Crippen LogP contribution in [0.5, 0.6) is 5.75 Å². The second-order valence-electron chi connectivity index (χ2n) is 9.70. The van der Waals surface area contributed by atoms with E-state index in [1.54, 1.807) is 19.1 Å². The van der Waals surface area contributed by atoms with Gasteiger partial charge in [-0.25, -0.2) is 15.0 Å². The minimum Gasteiger partial charge on any atom is -0.497 e. The molecule has 0 atom stereocenters. The van der Waals surface area contributed by atoms with E-state index in [9.17, 15) is 0 Å². The van der Waals surface area contributed by atoms with Gasteiger partial charge in [-0.1, -0.05) is 6.07 Å². The maximum atomic E-state index is 5.22. The van der Waals surface area contributed by atoms with Crippen molar-refractivity contribution in [3.8, 4) is 5.75 Å². The highest BCUT2D eigenvalue weighted by Gasteiger charge is 2.25. The molecule has 0 amide bonds. The molecule has 2 aliphatic rings. The van der Waals surface area contributed by atoms with Gasteiger partial charge in [0.2, 0.25) is 0 Å². The van der Waals surface area contributed by atoms with Gasteiger partial charge in [0.15, 0.2) is 0 Å². The Balaban J connectivity index is 1.14. The van der Waals surface area contributed by atoms with Gasteiger partial charge in [0, 0.05) is 54.8 Å². The molecule has 4 heterocycles. The molecular formula is C28H37N7OS. The molecular weight excluding hydrogens is 482 g/mol. The Labute approximate surface area is 224 Å². The van der Waals surface area contributed by atoms with Gasteiger partial charge in [-0.2, -0.15) is 0 Å². The van der Waals surface area contributed by atoms with E-state index in [2.05, 4.69) is 51.4 Å². The van der Waals surface area contributed by atoms with E-state index >= 15 is 0 Å². The number of ether oxygens (including phenoxy) is 1. The van der Waals surface area contributed by atoms with Crippen molar-refractivity contribution in [2.75, 3.05) is 55.4 Å². The third-order valence-corrected chi connectivity index (χ3v) is 7.99. The van der Waals surface area contributed by atoms with E-state index in [1.807, 2.05) is 19.1 Å². The summed E-state index contributed by atoms with van der Waals surface area (Å²) in [6.45, 7) is 8.67. The molecule has 1 aromatic carbocycles. The van der Waals surface area contributed by atoms with E-state index in [0.29, 0.717) is 5.92 Å². The summed E-state index contributed by atoms with van der Waals surface area (Å²) in [6.07, 6.45) is 4.50. The smallest absolute Gasteiger partial charge is 0.137 e. The van der Waals surface area contributed by atoms with Crippen LogP contribution in [0.3, 0.4) is 0 Å². The Kier molecular flexibility index (Phi) is 8.31. The number of piperidine rings is 1. The number of nitrogens with one attached hydrogen (secondary N) is 3. The molecule has 3 N–H and O–H groups in total. The topological polar surface area (TPSA) is 87.2 Å². The Morgan fingerprint density at radius 2 is 1.84 bits per heavy atom. The summed E-state index contributed by atoms with van der Waals surface area (Å²) in [4.78, 5) is 18.1. The van der Waals surface area contributed by atoms with Gasteiger partial charge in [-0.15, -0.1) is 0 Å². The van der Waals surface area contributed by atoms with Gasteiger partial charge in [-0.3, -0.25) is 4.72 Å². The first-order valence-corrected chi connectivity index (χ1v) is 14.0. The van der Waals surface area contributed by atoms with Crippen LogP contribution in [-0.4, -0.2) is 54.8 Å². The summed E-state index contributed by atoms with van der Waals surface area (Å²) < 4.78 is 8.63. The first-order valence-electron chi connectivity index (χ1n) is 13.2. The number of hydrogen-bond acceptors (Lipinski definition) is 9. The highest BCUT2D eigenvalue weighted by molar-refractivity contribution is 7.97. The SMILES string of the molecule is COc1ccc(SNCCNc2nc(C)nc(N3CCC(c4ccc5c(n4)NCCC5)CC3)c2C)cc1. The number of nitrogens with zero attached hydrogens (tertiary/aromatic N) is 4. The van der Waals surface area contributed by atoms with E-state index in [0.717, 1.165) is 91.5 Å². The highest BCUT2D eigenvalue weighted by atomic mass is 32.2. The standard InChI is InChI=1S/C28H37N7OS/c1-19-26(30-15-16-31-37-24-9-7-23(36-3)8-10-24)32-20(2)33-28(19)35-17-12-21(13-18-35)25-11-6-22-5-4-14-29-27(22)34-25/h6-11,21,31H,4-5,12-18H2,1-3H3,(H,29,34)(H,30,32,33). The second-order valence-corrected chi connectivity index (χ2v) is 10.7. The number of aryl methyl sites for hydroxylation is 2. The third-order valence-electron chi connectivity index (χ3n) is 7.13. The predicted molar refractivity (Wildman–Crippen MR) is 152 cm³/mol. The first-order chi connectivity index (χ1) is 18.1. The summed E-state index contributed by atoms with van der Waals surface area (Å²) in [5, 5.41) is 6.99. The molecule has 9 heteroatoms. The summed E-state index contributed by atoms with van der Waals surface area (Å²) in [5.74, 6) is 5.24. The number of aromatic nitrogens is 3. The minimum absolute atomic E-state index is 0.500. The zero-order chi connectivity index (χ0) is 25.6. The molecule has 0 bridgehead atoms. The predicted octanol–water partition coefficient (Wildman–Crippen LogP) is 4.95. The Hall–Kier alpha value is -3.04. The van der Waals surface area contributed by atoms with Crippen molar-refractivity contribution >= 4 is 29.4 Å². The maximum absolute atomic E-state index is 5.22. The van der Waals surface area contributed by atoms with Gasteiger partial charge in [-0.05, 0) is 87.4 Å². The normalized spacial score (nSPS) is 15.7. The van der Waals surface area contributed by atoms with Crippen LogP contribution in [0.15, 0.2) is 41.3 Å². The number of rotatable bonds is 9. The molecule has 3 aromatic rings. The van der Waals surface area contributed by atoms with Gasteiger partial charge < -0.3 is 20.3 Å². The van der Waals surface area contributed by atoms with Gasteiger partial charge in [0.1, 0.15) is 29.0 Å². The lowest BCUT2D eigenvalue weighted by atomic mass is 9.92. The van der Waals surface area contributed by atoms with Crippen molar-refractivity contribution in [3.63, 3.8) is 0 Å². The Morgan fingerprint density at radius 3 is 2.62 bits per heavy atom. The zero-order valence-corrected chi connectivity index (χ0v) is 22.8. The first kappa shape index (κ1) is 25.6. The van der Waals surface area contributed by atoms with Crippen molar-refractivity contribution in [1.29, 1.82) is 0 Å². The van der Waals surface area contributed by atoms with Crippen LogP contribution < -0.4 is 25.0 Å². The van der Waals surface area contributed by atoms with Crippen molar-refractivity contribution in [2.45, 2.75) is 50.3 Å². The lowest BCUT2D eigenvalue weighted by Gasteiger charge is -2.34. The molecule has 37 heavy (non-hydrogen) atoms. The second kappa shape index (κ2) is 12.0. The molecule has 0 aliphatic carbocycles. The highest BCUT2D eigenvalue weighted by Crippen LogP contribution is 2.33. The monoisotopic (exact) mass is 519 g/mol. The molecule has 0 radical (unpaired) electrons. The number of fused-ring (bicyclic) bond motifs is 1. The number of methoxy groups -OCH3 is 1. The average Bonchev–Trinajstić information content (AvgIpc) is 2.94. The van der Waals surface area contributed by atoms with Crippen LogP contribution >= 0.6 is 11.9 Å². The number of benzene rings is 1. The summed E-state index contributed by atoms with van der Waals surface area (Å²) in [5.41, 5.74) is 3.70. The largest absolute Gasteiger partial charge is 0.497 e. The van der Waals surface area contributed by atoms with Crippen LogP contribution in [0.25, 0.3) is 0 Å². The lowest BCUT2D eigenvalue weighted by Crippen LogP contribution is -2.34. The number of hydrogen-bond donors (Lipinski definition) is 3. The molecule has 8 nitrogen and oxygen atoms in total. The van der Waals surface area contributed by atoms with Crippen molar-refractivity contribution < 1.29 is 4.74 Å². The summed E-state index contributed by atoms with van der Waals surface area (Å²) in [6, 6.07) is 12.6. The zero-order valence-electron chi connectivity index (χ0n) is 22.0. The molecule has 5 rings (SSSR count). The van der Waals surface area contributed by atoms with Crippen molar-refractivity contribution in [1.82, 2.24) is 19.7 Å². The number of anilines is 3. The van der Waals surface area contributed by atoms with Crippen molar-refractivity contribution in [2.24, 2.45) is 0 Å². The van der Waals surface area contributed by atoms with Crippen LogP contribution in [0.1, 0.15) is 47.8 Å². The van der Waals surface area contributed by atoms with E-state index in [4.69, 9.17) is 19.7 Å². The van der Waals surface area contributed by atoms with Crippen LogP contribution in [0, 0.1) is 13.8 Å².